The maximum atomic E-state index is 6.05. The van der Waals surface area contributed by atoms with Gasteiger partial charge in [-0.25, -0.2) is 4.98 Å². The Labute approximate surface area is 135 Å². The number of thioether (sulfide) groups is 1. The third-order valence-electron chi connectivity index (χ3n) is 3.41. The molecule has 0 spiro atoms. The molecule has 112 valence electrons. The molecule has 0 aliphatic rings. The summed E-state index contributed by atoms with van der Waals surface area (Å²) in [4.78, 5) is 4.72. The molecule has 0 aliphatic carbocycles. The van der Waals surface area contributed by atoms with Crippen LogP contribution in [0.5, 0.6) is 0 Å². The van der Waals surface area contributed by atoms with Crippen LogP contribution in [-0.2, 0) is 0 Å². The first-order valence-corrected chi connectivity index (χ1v) is 8.61. The van der Waals surface area contributed by atoms with Crippen molar-refractivity contribution in [3.05, 3.63) is 60.7 Å². The molecule has 0 saturated heterocycles. The van der Waals surface area contributed by atoms with Gasteiger partial charge in [0.25, 0.3) is 5.22 Å². The quantitative estimate of drug-likeness (QED) is 0.419. The number of hydrogen-bond donors (Lipinski definition) is 0. The summed E-state index contributed by atoms with van der Waals surface area (Å²) in [7, 11) is 0. The van der Waals surface area contributed by atoms with Crippen molar-refractivity contribution in [1.82, 2.24) is 4.98 Å². The maximum absolute atomic E-state index is 6.05. The fourth-order valence-electron chi connectivity index (χ4n) is 2.24. The predicted octanol–water partition coefficient (Wildman–Crippen LogP) is 5.90. The first-order valence-electron chi connectivity index (χ1n) is 7.63. The summed E-state index contributed by atoms with van der Waals surface area (Å²) in [5.41, 5.74) is 3.08. The first-order chi connectivity index (χ1) is 10.9. The van der Waals surface area contributed by atoms with Gasteiger partial charge in [-0.1, -0.05) is 85.8 Å². The molecule has 0 radical (unpaired) electrons. The van der Waals surface area contributed by atoms with Gasteiger partial charge in [0.05, 0.1) is 0 Å². The van der Waals surface area contributed by atoms with Gasteiger partial charge in [-0.3, -0.25) is 0 Å². The van der Waals surface area contributed by atoms with Gasteiger partial charge in [0, 0.05) is 16.9 Å². The Kier molecular flexibility index (Phi) is 4.96. The Morgan fingerprint density at radius 3 is 2.18 bits per heavy atom. The fraction of sp³-hybridized carbons (Fsp3) is 0.211. The fourth-order valence-corrected chi connectivity index (χ4v) is 3.15. The highest BCUT2D eigenvalue weighted by Gasteiger charge is 2.16. The zero-order chi connectivity index (χ0) is 15.2. The molecule has 2 nitrogen and oxygen atoms in total. The molecule has 0 fully saturated rings. The lowest BCUT2D eigenvalue weighted by Crippen LogP contribution is -1.82. The monoisotopic (exact) mass is 309 g/mol. The molecular formula is C19H19NOS. The van der Waals surface area contributed by atoms with E-state index in [4.69, 9.17) is 9.40 Å². The lowest BCUT2D eigenvalue weighted by atomic mass is 10.1. The minimum atomic E-state index is 0.756. The lowest BCUT2D eigenvalue weighted by Gasteiger charge is -2.00. The van der Waals surface area contributed by atoms with Gasteiger partial charge in [-0.05, 0) is 6.42 Å². The second kappa shape index (κ2) is 7.32. The van der Waals surface area contributed by atoms with E-state index in [1.807, 2.05) is 36.4 Å². The molecule has 22 heavy (non-hydrogen) atoms. The Balaban J connectivity index is 1.99. The zero-order valence-electron chi connectivity index (χ0n) is 12.7. The third kappa shape index (κ3) is 3.42. The molecule has 0 aliphatic heterocycles. The van der Waals surface area contributed by atoms with Crippen LogP contribution in [0.1, 0.15) is 19.8 Å². The second-order valence-electron chi connectivity index (χ2n) is 5.09. The second-order valence-corrected chi connectivity index (χ2v) is 6.14. The van der Waals surface area contributed by atoms with Gasteiger partial charge in [0.15, 0.2) is 5.76 Å². The molecule has 1 aromatic heterocycles. The minimum absolute atomic E-state index is 0.756. The van der Waals surface area contributed by atoms with E-state index in [0.29, 0.717) is 0 Å². The number of hydrogen-bond acceptors (Lipinski definition) is 3. The van der Waals surface area contributed by atoms with Crippen LogP contribution in [0.25, 0.3) is 22.6 Å². The van der Waals surface area contributed by atoms with Crippen LogP contribution in [0.3, 0.4) is 0 Å². The summed E-state index contributed by atoms with van der Waals surface area (Å²) >= 11 is 1.69. The lowest BCUT2D eigenvalue weighted by molar-refractivity contribution is 0.466. The van der Waals surface area contributed by atoms with Crippen LogP contribution in [0.4, 0.5) is 0 Å². The van der Waals surface area contributed by atoms with Crippen molar-refractivity contribution in [2.75, 3.05) is 5.75 Å². The van der Waals surface area contributed by atoms with Gasteiger partial charge < -0.3 is 4.42 Å². The number of rotatable bonds is 6. The Morgan fingerprint density at radius 1 is 0.909 bits per heavy atom. The van der Waals surface area contributed by atoms with Crippen molar-refractivity contribution < 1.29 is 4.42 Å². The molecule has 0 unspecified atom stereocenters. The predicted molar refractivity (Wildman–Crippen MR) is 93.0 cm³/mol. The smallest absolute Gasteiger partial charge is 0.256 e. The maximum Gasteiger partial charge on any atom is 0.256 e. The molecule has 0 amide bonds. The number of aromatic nitrogens is 1. The highest BCUT2D eigenvalue weighted by Crippen LogP contribution is 2.35. The topological polar surface area (TPSA) is 26.0 Å². The zero-order valence-corrected chi connectivity index (χ0v) is 13.5. The van der Waals surface area contributed by atoms with Crippen molar-refractivity contribution in [1.29, 1.82) is 0 Å². The molecule has 3 aromatic rings. The van der Waals surface area contributed by atoms with Crippen LogP contribution >= 0.6 is 11.8 Å². The van der Waals surface area contributed by atoms with E-state index in [2.05, 4.69) is 31.2 Å². The van der Waals surface area contributed by atoms with Gasteiger partial charge in [0.1, 0.15) is 5.69 Å². The average Bonchev–Trinajstić information content (AvgIpc) is 3.01. The van der Waals surface area contributed by atoms with Crippen molar-refractivity contribution in [3.63, 3.8) is 0 Å². The van der Waals surface area contributed by atoms with E-state index >= 15 is 0 Å². The molecule has 3 heteroatoms. The Morgan fingerprint density at radius 2 is 1.55 bits per heavy atom. The summed E-state index contributed by atoms with van der Waals surface area (Å²) in [6.45, 7) is 2.20. The molecule has 0 saturated carbocycles. The van der Waals surface area contributed by atoms with E-state index in [9.17, 15) is 0 Å². The van der Waals surface area contributed by atoms with Gasteiger partial charge >= 0.3 is 0 Å². The highest BCUT2D eigenvalue weighted by molar-refractivity contribution is 7.99. The molecule has 1 heterocycles. The molecule has 3 rings (SSSR count). The Bertz CT molecular complexity index is 650. The largest absolute Gasteiger partial charge is 0.431 e. The summed E-state index contributed by atoms with van der Waals surface area (Å²) in [6.07, 6.45) is 2.36. The number of oxazole rings is 1. The summed E-state index contributed by atoms with van der Waals surface area (Å²) in [5.74, 6) is 1.89. The van der Waals surface area contributed by atoms with Crippen LogP contribution < -0.4 is 0 Å². The van der Waals surface area contributed by atoms with Crippen LogP contribution in [0.2, 0.25) is 0 Å². The molecular weight excluding hydrogens is 290 g/mol. The standard InChI is InChI=1S/C19H19NOS/c1-2-3-14-22-19-20-17(15-10-6-4-7-11-15)18(21-19)16-12-8-5-9-13-16/h4-13H,2-3,14H2,1H3. The molecule has 0 atom stereocenters. The van der Waals surface area contributed by atoms with E-state index in [-0.39, 0.29) is 0 Å². The van der Waals surface area contributed by atoms with E-state index < -0.39 is 0 Å². The number of nitrogens with zero attached hydrogens (tertiary/aromatic N) is 1. The van der Waals surface area contributed by atoms with E-state index in [1.165, 1.54) is 12.8 Å². The summed E-state index contributed by atoms with van der Waals surface area (Å²) in [5, 5.41) is 0.756. The van der Waals surface area contributed by atoms with Crippen molar-refractivity contribution in [2.24, 2.45) is 0 Å². The Hall–Kier alpha value is -2.00. The average molecular weight is 309 g/mol. The normalized spacial score (nSPS) is 10.8. The van der Waals surface area contributed by atoms with Crippen molar-refractivity contribution in [3.8, 4) is 22.6 Å². The van der Waals surface area contributed by atoms with E-state index in [1.54, 1.807) is 11.8 Å². The van der Waals surface area contributed by atoms with Crippen LogP contribution in [0.15, 0.2) is 70.3 Å². The van der Waals surface area contributed by atoms with Crippen molar-refractivity contribution in [2.45, 2.75) is 25.0 Å². The SMILES string of the molecule is CCCCSc1nc(-c2ccccc2)c(-c2ccccc2)o1. The van der Waals surface area contributed by atoms with Crippen molar-refractivity contribution >= 4 is 11.8 Å². The van der Waals surface area contributed by atoms with Gasteiger partial charge in [-0.15, -0.1) is 0 Å². The first kappa shape index (κ1) is 14.9. The number of benzene rings is 2. The van der Waals surface area contributed by atoms with Crippen LogP contribution in [0, 0.1) is 0 Å². The highest BCUT2D eigenvalue weighted by atomic mass is 32.2. The minimum Gasteiger partial charge on any atom is -0.431 e. The molecule has 2 aromatic carbocycles. The van der Waals surface area contributed by atoms with Gasteiger partial charge in [-0.2, -0.15) is 0 Å². The third-order valence-corrected chi connectivity index (χ3v) is 4.33. The summed E-state index contributed by atoms with van der Waals surface area (Å²) < 4.78 is 6.05. The summed E-state index contributed by atoms with van der Waals surface area (Å²) in [6, 6.07) is 20.4. The molecule has 0 bridgehead atoms. The number of unbranched alkanes of at least 4 members (excludes halogenated alkanes) is 1. The van der Waals surface area contributed by atoms with E-state index in [0.717, 1.165) is 33.6 Å². The van der Waals surface area contributed by atoms with Gasteiger partial charge in [0.2, 0.25) is 0 Å². The van der Waals surface area contributed by atoms with Crippen LogP contribution in [-0.4, -0.2) is 10.7 Å². The molecule has 0 N–H and O–H groups in total.